The summed E-state index contributed by atoms with van der Waals surface area (Å²) in [5, 5.41) is 66.5. The maximum atomic E-state index is 9.77. The molecule has 0 bridgehead atoms. The molecule has 0 aromatic rings. The fraction of sp³-hybridized carbons (Fsp3) is 1.00. The van der Waals surface area contributed by atoms with Crippen LogP contribution < -0.4 is 0 Å². The van der Waals surface area contributed by atoms with Crippen LogP contribution >= 0.6 is 0 Å². The van der Waals surface area contributed by atoms with Crippen molar-refractivity contribution < 1.29 is 50.0 Å². The average molecular weight is 312 g/mol. The van der Waals surface area contributed by atoms with Crippen LogP contribution in [-0.4, -0.2) is 104 Å². The molecule has 10 heteroatoms. The first-order chi connectivity index (χ1) is 9.86. The lowest BCUT2D eigenvalue weighted by Crippen LogP contribution is -2.62. The summed E-state index contributed by atoms with van der Waals surface area (Å²) in [5.41, 5.74) is 0. The van der Waals surface area contributed by atoms with Gasteiger partial charge in [-0.05, 0) is 0 Å². The van der Waals surface area contributed by atoms with Crippen LogP contribution in [0.15, 0.2) is 0 Å². The quantitative estimate of drug-likeness (QED) is 0.268. The van der Waals surface area contributed by atoms with E-state index < -0.39 is 61.9 Å². The molecule has 0 saturated carbocycles. The maximum Gasteiger partial charge on any atom is 0.189 e. The maximum absolute atomic E-state index is 9.77. The van der Waals surface area contributed by atoms with Crippen LogP contribution in [0.25, 0.3) is 0 Å². The Labute approximate surface area is 119 Å². The van der Waals surface area contributed by atoms with Crippen LogP contribution in [0.4, 0.5) is 0 Å². The number of hydrogen-bond donors (Lipinski definition) is 7. The summed E-state index contributed by atoms with van der Waals surface area (Å²) in [5.74, 6) is 0. The lowest BCUT2D eigenvalue weighted by molar-refractivity contribution is -0.365. The van der Waals surface area contributed by atoms with Gasteiger partial charge in [0.1, 0.15) is 42.7 Å². The summed E-state index contributed by atoms with van der Waals surface area (Å²) in [7, 11) is 0. The molecule has 2 aliphatic rings. The fourth-order valence-corrected chi connectivity index (χ4v) is 2.21. The van der Waals surface area contributed by atoms with E-state index in [1.165, 1.54) is 0 Å². The largest absolute Gasteiger partial charge is 0.394 e. The molecular weight excluding hydrogens is 292 g/mol. The fourth-order valence-electron chi connectivity index (χ4n) is 2.21. The van der Waals surface area contributed by atoms with E-state index in [0.29, 0.717) is 0 Å². The van der Waals surface area contributed by atoms with Gasteiger partial charge < -0.3 is 50.0 Å². The summed E-state index contributed by atoms with van der Waals surface area (Å²) < 4.78 is 15.2. The van der Waals surface area contributed by atoms with Crippen molar-refractivity contribution in [2.75, 3.05) is 13.2 Å². The number of ether oxygens (including phenoxy) is 3. The summed E-state index contributed by atoms with van der Waals surface area (Å²) in [4.78, 5) is 0. The van der Waals surface area contributed by atoms with Crippen molar-refractivity contribution in [3.05, 3.63) is 0 Å². The minimum atomic E-state index is -1.65. The van der Waals surface area contributed by atoms with Crippen molar-refractivity contribution in [3.8, 4) is 0 Å². The molecule has 0 aliphatic carbocycles. The number of aliphatic hydroxyl groups is 7. The van der Waals surface area contributed by atoms with Crippen molar-refractivity contribution in [1.82, 2.24) is 0 Å². The molecule has 1 unspecified atom stereocenters. The van der Waals surface area contributed by atoms with E-state index >= 15 is 0 Å². The molecule has 0 amide bonds. The molecule has 2 aliphatic heterocycles. The van der Waals surface area contributed by atoms with Gasteiger partial charge in [-0.3, -0.25) is 0 Å². The number of hydrogen-bond acceptors (Lipinski definition) is 10. The molecule has 0 spiro atoms. The Kier molecular flexibility index (Phi) is 5.48. The van der Waals surface area contributed by atoms with Crippen LogP contribution in [0.5, 0.6) is 0 Å². The third-order valence-electron chi connectivity index (χ3n) is 3.57. The average Bonchev–Trinajstić information content (AvgIpc) is 2.48. The molecule has 21 heavy (non-hydrogen) atoms. The van der Waals surface area contributed by atoms with Crippen LogP contribution in [-0.2, 0) is 14.2 Å². The van der Waals surface area contributed by atoms with Crippen LogP contribution in [0, 0.1) is 0 Å². The summed E-state index contributed by atoms with van der Waals surface area (Å²) in [6.45, 7) is -0.930. The normalized spacial score (nSPS) is 51.9. The molecule has 2 fully saturated rings. The second kappa shape index (κ2) is 6.79. The molecule has 9 atom stereocenters. The topological polar surface area (TPSA) is 169 Å². The van der Waals surface area contributed by atoms with Gasteiger partial charge in [-0.15, -0.1) is 0 Å². The molecule has 7 N–H and O–H groups in total. The van der Waals surface area contributed by atoms with Gasteiger partial charge in [0.25, 0.3) is 0 Å². The molecule has 2 rings (SSSR count). The molecule has 0 radical (unpaired) electrons. The Morgan fingerprint density at radius 3 is 2.05 bits per heavy atom. The molecule has 2 saturated heterocycles. The smallest absolute Gasteiger partial charge is 0.189 e. The number of aliphatic hydroxyl groups excluding tert-OH is 7. The minimum absolute atomic E-state index is 0.305. The number of rotatable bonds is 3. The van der Waals surface area contributed by atoms with E-state index in [1.54, 1.807) is 0 Å². The highest BCUT2D eigenvalue weighted by molar-refractivity contribution is 4.90. The van der Waals surface area contributed by atoms with Gasteiger partial charge in [-0.25, -0.2) is 0 Å². The Morgan fingerprint density at radius 1 is 0.810 bits per heavy atom. The SMILES string of the molecule is OC[C@H]1OC(O[C@H]2OC[C@@H](O)[C@H](O)[C@H]2O)[C@H](O)[C@@H](O)[C@@H]1O. The predicted octanol–water partition coefficient (Wildman–Crippen LogP) is -4.76. The Bertz CT molecular complexity index is 339. The van der Waals surface area contributed by atoms with Gasteiger partial charge in [0.2, 0.25) is 0 Å². The summed E-state index contributed by atoms with van der Waals surface area (Å²) in [6, 6.07) is 0. The molecule has 0 aromatic heterocycles. The second-order valence-electron chi connectivity index (χ2n) is 5.08. The van der Waals surface area contributed by atoms with Gasteiger partial charge in [-0.2, -0.15) is 0 Å². The summed E-state index contributed by atoms with van der Waals surface area (Å²) in [6.07, 6.45) is -13.3. The predicted molar refractivity (Wildman–Crippen MR) is 62.6 cm³/mol. The molecule has 124 valence electrons. The zero-order valence-electron chi connectivity index (χ0n) is 11.0. The Morgan fingerprint density at radius 2 is 1.43 bits per heavy atom. The molecular formula is C11H20O10. The zero-order valence-corrected chi connectivity index (χ0v) is 11.0. The second-order valence-corrected chi connectivity index (χ2v) is 5.08. The lowest BCUT2D eigenvalue weighted by Gasteiger charge is -2.42. The first kappa shape index (κ1) is 17.0. The van der Waals surface area contributed by atoms with Crippen molar-refractivity contribution >= 4 is 0 Å². The molecule has 2 heterocycles. The van der Waals surface area contributed by atoms with E-state index in [9.17, 15) is 30.6 Å². The van der Waals surface area contributed by atoms with Crippen molar-refractivity contribution in [2.24, 2.45) is 0 Å². The van der Waals surface area contributed by atoms with Crippen LogP contribution in [0.2, 0.25) is 0 Å². The standard InChI is InChI=1S/C11H20O10/c12-1-4-6(15)7(16)9(18)11(20-4)21-10-8(17)5(14)3(13)2-19-10/h3-18H,1-2H2/t3-,4-,5+,6-,7+,8-,9-,10-,11?/m1/s1. The van der Waals surface area contributed by atoms with Gasteiger partial charge >= 0.3 is 0 Å². The highest BCUT2D eigenvalue weighted by Gasteiger charge is 2.47. The van der Waals surface area contributed by atoms with Gasteiger partial charge in [0, 0.05) is 0 Å². The van der Waals surface area contributed by atoms with Crippen molar-refractivity contribution in [1.29, 1.82) is 0 Å². The third-order valence-corrected chi connectivity index (χ3v) is 3.57. The Hall–Kier alpha value is -0.400. The van der Waals surface area contributed by atoms with Crippen LogP contribution in [0.1, 0.15) is 0 Å². The minimum Gasteiger partial charge on any atom is -0.394 e. The molecule has 10 nitrogen and oxygen atoms in total. The highest BCUT2D eigenvalue weighted by atomic mass is 16.8. The van der Waals surface area contributed by atoms with Crippen molar-refractivity contribution in [2.45, 2.75) is 55.3 Å². The lowest BCUT2D eigenvalue weighted by atomic mass is 9.99. The van der Waals surface area contributed by atoms with E-state index in [4.69, 9.17) is 19.3 Å². The van der Waals surface area contributed by atoms with Crippen LogP contribution in [0.3, 0.4) is 0 Å². The first-order valence-electron chi connectivity index (χ1n) is 6.48. The third kappa shape index (κ3) is 3.35. The van der Waals surface area contributed by atoms with Gasteiger partial charge in [-0.1, -0.05) is 0 Å². The van der Waals surface area contributed by atoms with E-state index in [0.717, 1.165) is 0 Å². The van der Waals surface area contributed by atoms with Crippen molar-refractivity contribution in [3.63, 3.8) is 0 Å². The zero-order chi connectivity index (χ0) is 15.7. The Balaban J connectivity index is 2.01. The first-order valence-corrected chi connectivity index (χ1v) is 6.48. The van der Waals surface area contributed by atoms with E-state index in [-0.39, 0.29) is 6.61 Å². The summed E-state index contributed by atoms with van der Waals surface area (Å²) >= 11 is 0. The highest BCUT2D eigenvalue weighted by Crippen LogP contribution is 2.25. The van der Waals surface area contributed by atoms with Gasteiger partial charge in [0.15, 0.2) is 12.6 Å². The van der Waals surface area contributed by atoms with Gasteiger partial charge in [0.05, 0.1) is 13.2 Å². The monoisotopic (exact) mass is 312 g/mol. The van der Waals surface area contributed by atoms with E-state index in [1.807, 2.05) is 0 Å². The molecule has 0 aromatic carbocycles. The van der Waals surface area contributed by atoms with E-state index in [2.05, 4.69) is 0 Å².